The molecule has 4 heteroatoms. The van der Waals surface area contributed by atoms with Crippen molar-refractivity contribution in [2.45, 2.75) is 12.8 Å². The summed E-state index contributed by atoms with van der Waals surface area (Å²) in [5.74, 6) is 0.325. The van der Waals surface area contributed by atoms with E-state index in [9.17, 15) is 4.79 Å². The number of carbonyl (C=O) groups excluding carboxylic acids is 1. The zero-order chi connectivity index (χ0) is 8.69. The molecule has 2 nitrogen and oxygen atoms in total. The van der Waals surface area contributed by atoms with Crippen LogP contribution in [0.4, 0.5) is 0 Å². The average molecular weight is 289 g/mol. The van der Waals surface area contributed by atoms with Gasteiger partial charge >= 0.3 is 5.97 Å². The van der Waals surface area contributed by atoms with Crippen LogP contribution in [0.3, 0.4) is 0 Å². The Bertz CT molecular complexity index is 157. The predicted molar refractivity (Wildman–Crippen MR) is 54.1 cm³/mol. The number of halogens is 2. The third-order valence-electron chi connectivity index (χ3n) is 1.02. The fraction of sp³-hybridized carbons (Fsp3) is 0.571. The molecule has 0 saturated carbocycles. The molecule has 0 aliphatic carbocycles. The number of hydrogen-bond acceptors (Lipinski definition) is 2. The highest BCUT2D eigenvalue weighted by Crippen LogP contribution is 2.13. The molecule has 0 aromatic carbocycles. The topological polar surface area (TPSA) is 26.3 Å². The van der Waals surface area contributed by atoms with Crippen molar-refractivity contribution in [1.82, 2.24) is 0 Å². The molecule has 0 amide bonds. The van der Waals surface area contributed by atoms with Crippen molar-refractivity contribution in [3.63, 3.8) is 0 Å². The molecule has 11 heavy (non-hydrogen) atoms. The highest BCUT2D eigenvalue weighted by molar-refractivity contribution is 14.1. The number of rotatable bonds is 4. The highest BCUT2D eigenvalue weighted by Gasteiger charge is 1.97. The fourth-order valence-electron chi connectivity index (χ4n) is 0.495. The predicted octanol–water partition coefficient (Wildman–Crippen LogP) is 2.50. The van der Waals surface area contributed by atoms with Crippen LogP contribution in [-0.2, 0) is 9.53 Å². The van der Waals surface area contributed by atoms with Crippen LogP contribution in [0.2, 0.25) is 0 Å². The molecule has 0 fully saturated rings. The second-order valence-electron chi connectivity index (χ2n) is 1.91. The van der Waals surface area contributed by atoms with Crippen molar-refractivity contribution < 1.29 is 9.53 Å². The Labute approximate surface area is 85.1 Å². The van der Waals surface area contributed by atoms with E-state index in [1.54, 1.807) is 0 Å². The van der Waals surface area contributed by atoms with Crippen molar-refractivity contribution in [3.05, 3.63) is 9.66 Å². The number of alkyl halides is 1. The maximum absolute atomic E-state index is 10.6. The van der Waals surface area contributed by atoms with Crippen LogP contribution in [0.1, 0.15) is 12.8 Å². The van der Waals surface area contributed by atoms with E-state index in [0.29, 0.717) is 5.88 Å². The zero-order valence-corrected chi connectivity index (χ0v) is 9.18. The number of hydrogen-bond donors (Lipinski definition) is 0. The molecule has 0 aliphatic rings. The SMILES string of the molecule is COC(=O)/C=C(\I)CCCCl. The van der Waals surface area contributed by atoms with Gasteiger partial charge in [0.2, 0.25) is 0 Å². The van der Waals surface area contributed by atoms with Crippen LogP contribution in [-0.4, -0.2) is 19.0 Å². The number of methoxy groups -OCH3 is 1. The molecule has 0 bridgehead atoms. The van der Waals surface area contributed by atoms with Crippen molar-refractivity contribution in [1.29, 1.82) is 0 Å². The van der Waals surface area contributed by atoms with Gasteiger partial charge in [-0.25, -0.2) is 4.79 Å². The normalized spacial score (nSPS) is 11.4. The lowest BCUT2D eigenvalue weighted by Gasteiger charge is -1.95. The monoisotopic (exact) mass is 288 g/mol. The molecule has 0 N–H and O–H groups in total. The Morgan fingerprint density at radius 3 is 2.82 bits per heavy atom. The first-order valence-electron chi connectivity index (χ1n) is 3.20. The summed E-state index contributed by atoms with van der Waals surface area (Å²) in [5.41, 5.74) is 0. The third-order valence-corrected chi connectivity index (χ3v) is 2.14. The maximum atomic E-state index is 10.6. The van der Waals surface area contributed by atoms with Gasteiger partial charge < -0.3 is 4.74 Å². The number of ether oxygens (including phenoxy) is 1. The molecule has 0 radical (unpaired) electrons. The van der Waals surface area contributed by atoms with E-state index < -0.39 is 0 Å². The van der Waals surface area contributed by atoms with Crippen LogP contribution in [0, 0.1) is 0 Å². The first-order chi connectivity index (χ1) is 5.20. The quantitative estimate of drug-likeness (QED) is 0.344. The summed E-state index contributed by atoms with van der Waals surface area (Å²) in [7, 11) is 1.37. The van der Waals surface area contributed by atoms with Crippen LogP contribution >= 0.6 is 34.2 Å². The molecule has 0 saturated heterocycles. The summed E-state index contributed by atoms with van der Waals surface area (Å²) in [6.45, 7) is 0. The van der Waals surface area contributed by atoms with E-state index in [1.165, 1.54) is 13.2 Å². The minimum atomic E-state index is -0.302. The van der Waals surface area contributed by atoms with Crippen LogP contribution in [0.15, 0.2) is 9.66 Å². The summed E-state index contributed by atoms with van der Waals surface area (Å²) in [6, 6.07) is 0. The standard InChI is InChI=1S/C7H10ClIO2/c1-11-7(10)5-6(9)3-2-4-8/h5H,2-4H2,1H3/b6-5-. The molecule has 0 atom stereocenters. The van der Waals surface area contributed by atoms with E-state index in [4.69, 9.17) is 11.6 Å². The summed E-state index contributed by atoms with van der Waals surface area (Å²) in [6.07, 6.45) is 3.22. The highest BCUT2D eigenvalue weighted by atomic mass is 127. The molecule has 0 unspecified atom stereocenters. The lowest BCUT2D eigenvalue weighted by Crippen LogP contribution is -1.95. The van der Waals surface area contributed by atoms with E-state index >= 15 is 0 Å². The second kappa shape index (κ2) is 6.91. The van der Waals surface area contributed by atoms with Gasteiger partial charge in [0.25, 0.3) is 0 Å². The Balaban J connectivity index is 3.70. The van der Waals surface area contributed by atoms with E-state index in [-0.39, 0.29) is 5.97 Å². The Kier molecular flexibility index (Phi) is 7.06. The molecule has 0 aromatic rings. The number of allylic oxidation sites excluding steroid dienone is 1. The zero-order valence-electron chi connectivity index (χ0n) is 6.27. The van der Waals surface area contributed by atoms with Crippen molar-refractivity contribution >= 4 is 40.2 Å². The summed E-state index contributed by atoms with van der Waals surface area (Å²) < 4.78 is 5.43. The summed E-state index contributed by atoms with van der Waals surface area (Å²) in [4.78, 5) is 10.6. The minimum Gasteiger partial charge on any atom is -0.466 e. The first-order valence-corrected chi connectivity index (χ1v) is 4.82. The van der Waals surface area contributed by atoms with Crippen LogP contribution < -0.4 is 0 Å². The van der Waals surface area contributed by atoms with Gasteiger partial charge in [-0.1, -0.05) is 0 Å². The molecule has 0 spiro atoms. The van der Waals surface area contributed by atoms with Gasteiger partial charge in [-0.3, -0.25) is 0 Å². The Hall–Kier alpha value is 0.230. The van der Waals surface area contributed by atoms with E-state index in [0.717, 1.165) is 16.4 Å². The van der Waals surface area contributed by atoms with E-state index in [2.05, 4.69) is 27.3 Å². The number of carbonyl (C=O) groups is 1. The average Bonchev–Trinajstić information content (AvgIpc) is 2.00. The van der Waals surface area contributed by atoms with Crippen LogP contribution in [0.5, 0.6) is 0 Å². The maximum Gasteiger partial charge on any atom is 0.331 e. The molecular formula is C7H10ClIO2. The summed E-state index contributed by atoms with van der Waals surface area (Å²) in [5, 5.41) is 0. The van der Waals surface area contributed by atoms with Gasteiger partial charge in [0.05, 0.1) is 7.11 Å². The Morgan fingerprint density at radius 2 is 2.36 bits per heavy atom. The Morgan fingerprint density at radius 1 is 1.73 bits per heavy atom. The van der Waals surface area contributed by atoms with Gasteiger partial charge in [0, 0.05) is 12.0 Å². The minimum absolute atomic E-state index is 0.302. The fourth-order valence-corrected chi connectivity index (χ4v) is 1.26. The third kappa shape index (κ3) is 6.62. The van der Waals surface area contributed by atoms with Gasteiger partial charge in [-0.15, -0.1) is 11.6 Å². The van der Waals surface area contributed by atoms with Crippen molar-refractivity contribution in [2.24, 2.45) is 0 Å². The lowest BCUT2D eigenvalue weighted by atomic mass is 10.3. The van der Waals surface area contributed by atoms with Gasteiger partial charge in [0.15, 0.2) is 0 Å². The number of esters is 1. The van der Waals surface area contributed by atoms with Crippen molar-refractivity contribution in [3.8, 4) is 0 Å². The van der Waals surface area contributed by atoms with Gasteiger partial charge in [-0.2, -0.15) is 0 Å². The molecule has 0 rings (SSSR count). The molecular weight excluding hydrogens is 278 g/mol. The largest absolute Gasteiger partial charge is 0.466 e. The molecule has 64 valence electrons. The lowest BCUT2D eigenvalue weighted by molar-refractivity contribution is -0.134. The van der Waals surface area contributed by atoms with Gasteiger partial charge in [0.1, 0.15) is 0 Å². The molecule has 0 heterocycles. The smallest absolute Gasteiger partial charge is 0.331 e. The van der Waals surface area contributed by atoms with Crippen LogP contribution in [0.25, 0.3) is 0 Å². The first kappa shape index (κ1) is 11.2. The van der Waals surface area contributed by atoms with Gasteiger partial charge in [-0.05, 0) is 39.0 Å². The van der Waals surface area contributed by atoms with E-state index in [1.807, 2.05) is 0 Å². The second-order valence-corrected chi connectivity index (χ2v) is 3.67. The molecule has 0 aromatic heterocycles. The molecule has 0 aliphatic heterocycles. The summed E-state index contributed by atoms with van der Waals surface area (Å²) >= 11 is 7.57. The van der Waals surface area contributed by atoms with Crippen molar-refractivity contribution in [2.75, 3.05) is 13.0 Å².